The summed E-state index contributed by atoms with van der Waals surface area (Å²) in [5, 5.41) is 13.4. The summed E-state index contributed by atoms with van der Waals surface area (Å²) in [6.07, 6.45) is 2.86. The molecule has 2 rings (SSSR count). The molecule has 0 saturated heterocycles. The number of nitrogens with one attached hydrogen (secondary N) is 1. The molecule has 0 atom stereocenters. The van der Waals surface area contributed by atoms with E-state index < -0.39 is 4.92 Å². The number of amides is 1. The molecule has 0 heterocycles. The average Bonchev–Trinajstić information content (AvgIpc) is 2.41. The van der Waals surface area contributed by atoms with Gasteiger partial charge in [0.25, 0.3) is 11.6 Å². The highest BCUT2D eigenvalue weighted by Crippen LogP contribution is 2.29. The van der Waals surface area contributed by atoms with Crippen LogP contribution in [-0.4, -0.2) is 30.0 Å². The number of methoxy groups -OCH3 is 1. The van der Waals surface area contributed by atoms with E-state index in [0.717, 1.165) is 19.3 Å². The minimum atomic E-state index is -0.534. The van der Waals surface area contributed by atoms with E-state index in [4.69, 9.17) is 10.5 Å². The molecule has 1 aromatic carbocycles. The highest BCUT2D eigenvalue weighted by molar-refractivity contribution is 5.97. The van der Waals surface area contributed by atoms with Gasteiger partial charge in [-0.05, 0) is 25.3 Å². The molecule has 108 valence electrons. The molecular weight excluding hydrogens is 262 g/mol. The Bertz CT molecular complexity index is 540. The second-order valence-electron chi connectivity index (χ2n) is 5.04. The Kier molecular flexibility index (Phi) is 3.89. The quantitative estimate of drug-likeness (QED) is 0.622. The van der Waals surface area contributed by atoms with Gasteiger partial charge in [0.2, 0.25) is 0 Å². The first kappa shape index (κ1) is 14.3. The van der Waals surface area contributed by atoms with Crippen LogP contribution in [0.4, 0.5) is 5.69 Å². The predicted molar refractivity (Wildman–Crippen MR) is 72.8 cm³/mol. The van der Waals surface area contributed by atoms with Gasteiger partial charge in [-0.3, -0.25) is 14.9 Å². The second kappa shape index (κ2) is 5.46. The fourth-order valence-electron chi connectivity index (χ4n) is 2.14. The van der Waals surface area contributed by atoms with Crippen LogP contribution in [0, 0.1) is 10.1 Å². The number of ether oxygens (including phenoxy) is 1. The molecule has 0 spiro atoms. The fraction of sp³-hybridized carbons (Fsp3) is 0.462. The Morgan fingerprint density at radius 2 is 2.25 bits per heavy atom. The number of rotatable bonds is 5. The third-order valence-corrected chi connectivity index (χ3v) is 3.59. The first-order valence-corrected chi connectivity index (χ1v) is 6.35. The van der Waals surface area contributed by atoms with E-state index in [9.17, 15) is 14.9 Å². The maximum atomic E-state index is 12.1. The third kappa shape index (κ3) is 2.88. The molecule has 1 amide bonds. The second-order valence-corrected chi connectivity index (χ2v) is 5.04. The standard InChI is InChI=1S/C13H17N3O4/c1-20-11-7-9(16(18)19)3-4-10(11)12(17)15-8-13(14)5-2-6-13/h3-4,7H,2,5-6,8,14H2,1H3,(H,15,17). The van der Waals surface area contributed by atoms with Crippen LogP contribution in [0.25, 0.3) is 0 Å². The highest BCUT2D eigenvalue weighted by Gasteiger charge is 2.33. The molecule has 1 saturated carbocycles. The molecule has 0 aromatic heterocycles. The van der Waals surface area contributed by atoms with Gasteiger partial charge in [0.1, 0.15) is 5.75 Å². The number of nitrogens with zero attached hydrogens (tertiary/aromatic N) is 1. The molecule has 3 N–H and O–H groups in total. The van der Waals surface area contributed by atoms with E-state index in [1.165, 1.54) is 25.3 Å². The number of nitrogens with two attached hydrogens (primary N) is 1. The van der Waals surface area contributed by atoms with Crippen LogP contribution in [0.15, 0.2) is 18.2 Å². The lowest BCUT2D eigenvalue weighted by Crippen LogP contribution is -2.54. The molecule has 1 aromatic rings. The van der Waals surface area contributed by atoms with E-state index in [1.807, 2.05) is 0 Å². The Morgan fingerprint density at radius 1 is 1.55 bits per heavy atom. The van der Waals surface area contributed by atoms with Gasteiger partial charge in [-0.15, -0.1) is 0 Å². The minimum absolute atomic E-state index is 0.118. The lowest BCUT2D eigenvalue weighted by Gasteiger charge is -2.38. The Labute approximate surface area is 116 Å². The largest absolute Gasteiger partial charge is 0.496 e. The minimum Gasteiger partial charge on any atom is -0.496 e. The Hall–Kier alpha value is -2.15. The van der Waals surface area contributed by atoms with Crippen molar-refractivity contribution in [1.82, 2.24) is 5.32 Å². The highest BCUT2D eigenvalue weighted by atomic mass is 16.6. The third-order valence-electron chi connectivity index (χ3n) is 3.59. The van der Waals surface area contributed by atoms with E-state index in [-0.39, 0.29) is 28.4 Å². The predicted octanol–water partition coefficient (Wildman–Crippen LogP) is 1.21. The summed E-state index contributed by atoms with van der Waals surface area (Å²) in [5.41, 5.74) is 5.86. The van der Waals surface area contributed by atoms with Gasteiger partial charge < -0.3 is 15.8 Å². The summed E-state index contributed by atoms with van der Waals surface area (Å²) < 4.78 is 5.03. The number of hydrogen-bond acceptors (Lipinski definition) is 5. The number of carbonyl (C=O) groups excluding carboxylic acids is 1. The number of non-ortho nitro benzene ring substituents is 1. The maximum Gasteiger partial charge on any atom is 0.273 e. The van der Waals surface area contributed by atoms with Crippen molar-refractivity contribution in [1.29, 1.82) is 0 Å². The van der Waals surface area contributed by atoms with Gasteiger partial charge in [-0.25, -0.2) is 0 Å². The fourth-order valence-corrected chi connectivity index (χ4v) is 2.14. The number of benzene rings is 1. The van der Waals surface area contributed by atoms with Crippen molar-refractivity contribution in [2.45, 2.75) is 24.8 Å². The monoisotopic (exact) mass is 279 g/mol. The van der Waals surface area contributed by atoms with Crippen LogP contribution < -0.4 is 15.8 Å². The first-order chi connectivity index (χ1) is 9.45. The molecule has 1 aliphatic carbocycles. The summed E-state index contributed by atoms with van der Waals surface area (Å²) in [4.78, 5) is 22.2. The van der Waals surface area contributed by atoms with E-state index in [1.54, 1.807) is 0 Å². The van der Waals surface area contributed by atoms with Crippen molar-refractivity contribution in [3.8, 4) is 5.75 Å². The molecule has 0 bridgehead atoms. The lowest BCUT2D eigenvalue weighted by atomic mass is 9.78. The summed E-state index contributed by atoms with van der Waals surface area (Å²) in [6, 6.07) is 3.89. The molecule has 0 unspecified atom stereocenters. The number of nitro benzene ring substituents is 1. The summed E-state index contributed by atoms with van der Waals surface area (Å²) >= 11 is 0. The molecular formula is C13H17N3O4. The van der Waals surface area contributed by atoms with Crippen molar-refractivity contribution in [2.75, 3.05) is 13.7 Å². The molecule has 7 nitrogen and oxygen atoms in total. The van der Waals surface area contributed by atoms with Crippen LogP contribution in [0.2, 0.25) is 0 Å². The first-order valence-electron chi connectivity index (χ1n) is 6.35. The number of hydrogen-bond donors (Lipinski definition) is 2. The van der Waals surface area contributed by atoms with Crippen LogP contribution >= 0.6 is 0 Å². The molecule has 7 heteroatoms. The lowest BCUT2D eigenvalue weighted by molar-refractivity contribution is -0.384. The van der Waals surface area contributed by atoms with Gasteiger partial charge in [-0.2, -0.15) is 0 Å². The topological polar surface area (TPSA) is 107 Å². The number of nitro groups is 1. The van der Waals surface area contributed by atoms with Crippen LogP contribution in [0.1, 0.15) is 29.6 Å². The zero-order chi connectivity index (χ0) is 14.8. The van der Waals surface area contributed by atoms with Crippen molar-refractivity contribution in [3.63, 3.8) is 0 Å². The van der Waals surface area contributed by atoms with Crippen LogP contribution in [-0.2, 0) is 0 Å². The van der Waals surface area contributed by atoms with Gasteiger partial charge >= 0.3 is 0 Å². The van der Waals surface area contributed by atoms with Crippen LogP contribution in [0.5, 0.6) is 5.75 Å². The van der Waals surface area contributed by atoms with Crippen molar-refractivity contribution in [2.24, 2.45) is 5.73 Å². The average molecular weight is 279 g/mol. The number of carbonyl (C=O) groups is 1. The smallest absolute Gasteiger partial charge is 0.273 e. The van der Waals surface area contributed by atoms with Gasteiger partial charge in [0.05, 0.1) is 23.7 Å². The SMILES string of the molecule is COc1cc([N+](=O)[O-])ccc1C(=O)NCC1(N)CCC1. The summed E-state index contributed by atoms with van der Waals surface area (Å²) in [5.74, 6) is -0.162. The van der Waals surface area contributed by atoms with Crippen molar-refractivity contribution >= 4 is 11.6 Å². The maximum absolute atomic E-state index is 12.1. The molecule has 1 aliphatic rings. The molecule has 0 aliphatic heterocycles. The normalized spacial score (nSPS) is 16.1. The van der Waals surface area contributed by atoms with E-state index >= 15 is 0 Å². The van der Waals surface area contributed by atoms with Gasteiger partial charge in [0.15, 0.2) is 0 Å². The van der Waals surface area contributed by atoms with E-state index in [0.29, 0.717) is 6.54 Å². The molecule has 1 fully saturated rings. The molecule has 0 radical (unpaired) electrons. The van der Waals surface area contributed by atoms with Gasteiger partial charge in [-0.1, -0.05) is 0 Å². The van der Waals surface area contributed by atoms with Crippen molar-refractivity contribution < 1.29 is 14.5 Å². The van der Waals surface area contributed by atoms with Crippen molar-refractivity contribution in [3.05, 3.63) is 33.9 Å². The summed E-state index contributed by atoms with van der Waals surface area (Å²) in [6.45, 7) is 0.395. The van der Waals surface area contributed by atoms with E-state index in [2.05, 4.69) is 5.32 Å². The Morgan fingerprint density at radius 3 is 2.75 bits per heavy atom. The van der Waals surface area contributed by atoms with Crippen LogP contribution in [0.3, 0.4) is 0 Å². The zero-order valence-electron chi connectivity index (χ0n) is 11.2. The Balaban J connectivity index is 2.10. The summed E-state index contributed by atoms with van der Waals surface area (Å²) in [7, 11) is 1.37. The van der Waals surface area contributed by atoms with Gasteiger partial charge in [0, 0.05) is 18.2 Å². The molecule has 20 heavy (non-hydrogen) atoms. The zero-order valence-corrected chi connectivity index (χ0v) is 11.2.